The SMILES string of the molecule is Cc1cc(N2CCOCC2)nc(NCCNC(=O)Nc2cc(C(F)(F)F)cc(C(F)(F)F)c2)n1. The molecule has 186 valence electrons. The zero-order valence-corrected chi connectivity index (χ0v) is 18.0. The number of hydrogen-bond acceptors (Lipinski definition) is 6. The van der Waals surface area contributed by atoms with E-state index in [-0.39, 0.29) is 19.2 Å². The third-order valence-electron chi connectivity index (χ3n) is 4.71. The number of aromatic nitrogens is 2. The summed E-state index contributed by atoms with van der Waals surface area (Å²) in [6, 6.07) is 1.71. The molecule has 0 saturated carbocycles. The molecule has 1 aromatic heterocycles. The zero-order chi connectivity index (χ0) is 24.9. The predicted octanol–water partition coefficient (Wildman–Crippen LogP) is 3.89. The summed E-state index contributed by atoms with van der Waals surface area (Å²) < 4.78 is 82.9. The molecule has 0 bridgehead atoms. The highest BCUT2D eigenvalue weighted by Gasteiger charge is 2.37. The lowest BCUT2D eigenvalue weighted by Gasteiger charge is -2.28. The summed E-state index contributed by atoms with van der Waals surface area (Å²) in [5.74, 6) is 1.03. The Hall–Kier alpha value is -3.29. The van der Waals surface area contributed by atoms with Crippen LogP contribution in [0.5, 0.6) is 0 Å². The first-order valence-electron chi connectivity index (χ1n) is 10.2. The van der Waals surface area contributed by atoms with Gasteiger partial charge in [0.15, 0.2) is 0 Å². The van der Waals surface area contributed by atoms with Crippen LogP contribution in [0.1, 0.15) is 16.8 Å². The lowest BCUT2D eigenvalue weighted by atomic mass is 10.1. The summed E-state index contributed by atoms with van der Waals surface area (Å²) in [5, 5.41) is 7.27. The van der Waals surface area contributed by atoms with Crippen molar-refractivity contribution in [2.75, 3.05) is 54.9 Å². The van der Waals surface area contributed by atoms with E-state index in [4.69, 9.17) is 4.74 Å². The summed E-state index contributed by atoms with van der Waals surface area (Å²) in [4.78, 5) is 22.7. The number of nitrogens with one attached hydrogen (secondary N) is 3. The number of rotatable bonds is 6. The van der Waals surface area contributed by atoms with Crippen LogP contribution in [0.2, 0.25) is 0 Å². The molecule has 1 aromatic carbocycles. The molecule has 14 heteroatoms. The maximum absolute atomic E-state index is 12.9. The third-order valence-corrected chi connectivity index (χ3v) is 4.71. The highest BCUT2D eigenvalue weighted by atomic mass is 19.4. The Morgan fingerprint density at radius 3 is 2.18 bits per heavy atom. The average Bonchev–Trinajstić information content (AvgIpc) is 2.75. The van der Waals surface area contributed by atoms with Crippen LogP contribution in [-0.4, -0.2) is 55.4 Å². The van der Waals surface area contributed by atoms with Crippen molar-refractivity contribution < 1.29 is 35.9 Å². The minimum Gasteiger partial charge on any atom is -0.378 e. The summed E-state index contributed by atoms with van der Waals surface area (Å²) in [7, 11) is 0. The van der Waals surface area contributed by atoms with Gasteiger partial charge in [0.1, 0.15) is 5.82 Å². The number of carbonyl (C=O) groups is 1. The van der Waals surface area contributed by atoms with Gasteiger partial charge in [-0.1, -0.05) is 0 Å². The number of benzene rings is 1. The van der Waals surface area contributed by atoms with E-state index in [2.05, 4.69) is 20.6 Å². The Bertz CT molecular complexity index is 976. The van der Waals surface area contributed by atoms with Gasteiger partial charge in [0, 0.05) is 43.6 Å². The molecule has 8 nitrogen and oxygen atoms in total. The Labute approximate surface area is 190 Å². The molecule has 0 aliphatic carbocycles. The zero-order valence-electron chi connectivity index (χ0n) is 18.0. The monoisotopic (exact) mass is 492 g/mol. The number of morpholine rings is 1. The molecular formula is C20H22F6N6O2. The van der Waals surface area contributed by atoms with E-state index in [1.807, 2.05) is 16.3 Å². The van der Waals surface area contributed by atoms with Gasteiger partial charge in [-0.15, -0.1) is 0 Å². The van der Waals surface area contributed by atoms with E-state index in [0.29, 0.717) is 50.2 Å². The molecule has 0 unspecified atom stereocenters. The Morgan fingerprint density at radius 1 is 0.971 bits per heavy atom. The number of amides is 2. The Kier molecular flexibility index (Phi) is 7.69. The quantitative estimate of drug-likeness (QED) is 0.419. The summed E-state index contributed by atoms with van der Waals surface area (Å²) in [6.45, 7) is 4.50. The third kappa shape index (κ3) is 7.10. The molecule has 1 aliphatic heterocycles. The molecule has 1 aliphatic rings. The van der Waals surface area contributed by atoms with Gasteiger partial charge in [0.2, 0.25) is 5.95 Å². The summed E-state index contributed by atoms with van der Waals surface area (Å²) >= 11 is 0. The van der Waals surface area contributed by atoms with Gasteiger partial charge in [0.25, 0.3) is 0 Å². The van der Waals surface area contributed by atoms with E-state index in [1.165, 1.54) is 0 Å². The first kappa shape index (κ1) is 25.3. The fourth-order valence-electron chi connectivity index (χ4n) is 3.14. The fraction of sp³-hybridized carbons (Fsp3) is 0.450. The molecule has 3 rings (SSSR count). The molecule has 3 N–H and O–H groups in total. The normalized spacial score (nSPS) is 14.6. The molecule has 2 aromatic rings. The number of urea groups is 1. The average molecular weight is 492 g/mol. The van der Waals surface area contributed by atoms with Crippen molar-refractivity contribution in [1.82, 2.24) is 15.3 Å². The number of halogens is 6. The standard InChI is InChI=1S/C20H22F6N6O2/c1-12-8-16(32-4-6-34-7-5-32)31-17(29-12)27-2-3-28-18(33)30-15-10-13(19(21,22)23)9-14(11-15)20(24,25)26/h8-11H,2-7H2,1H3,(H,27,29,31)(H2,28,30,33). The molecule has 34 heavy (non-hydrogen) atoms. The predicted molar refractivity (Wildman–Crippen MR) is 112 cm³/mol. The number of aryl methyl sites for hydroxylation is 1. The minimum absolute atomic E-state index is 0.00110. The van der Waals surface area contributed by atoms with E-state index >= 15 is 0 Å². The maximum atomic E-state index is 12.9. The van der Waals surface area contributed by atoms with Crippen molar-refractivity contribution in [1.29, 1.82) is 0 Å². The molecule has 2 heterocycles. The Balaban J connectivity index is 1.55. The van der Waals surface area contributed by atoms with Crippen LogP contribution in [0.25, 0.3) is 0 Å². The van der Waals surface area contributed by atoms with Gasteiger partial charge < -0.3 is 25.6 Å². The number of hydrogen-bond donors (Lipinski definition) is 3. The maximum Gasteiger partial charge on any atom is 0.416 e. The number of nitrogens with zero attached hydrogens (tertiary/aromatic N) is 3. The van der Waals surface area contributed by atoms with E-state index < -0.39 is 35.2 Å². The second kappa shape index (κ2) is 10.3. The first-order valence-corrected chi connectivity index (χ1v) is 10.2. The van der Waals surface area contributed by atoms with Gasteiger partial charge >= 0.3 is 18.4 Å². The van der Waals surface area contributed by atoms with Crippen molar-refractivity contribution in [2.24, 2.45) is 0 Å². The van der Waals surface area contributed by atoms with Gasteiger partial charge in [-0.3, -0.25) is 0 Å². The van der Waals surface area contributed by atoms with Crippen LogP contribution in [0.3, 0.4) is 0 Å². The highest BCUT2D eigenvalue weighted by Crippen LogP contribution is 2.37. The summed E-state index contributed by atoms with van der Waals surface area (Å²) in [6.07, 6.45) is -10.0. The van der Waals surface area contributed by atoms with E-state index in [0.717, 1.165) is 5.69 Å². The van der Waals surface area contributed by atoms with E-state index in [9.17, 15) is 31.1 Å². The van der Waals surface area contributed by atoms with Gasteiger partial charge in [-0.05, 0) is 25.1 Å². The van der Waals surface area contributed by atoms with Crippen LogP contribution in [-0.2, 0) is 17.1 Å². The largest absolute Gasteiger partial charge is 0.416 e. The van der Waals surface area contributed by atoms with Crippen LogP contribution in [0, 0.1) is 6.92 Å². The van der Waals surface area contributed by atoms with Crippen LogP contribution in [0.15, 0.2) is 24.3 Å². The van der Waals surface area contributed by atoms with Crippen molar-refractivity contribution in [3.8, 4) is 0 Å². The van der Waals surface area contributed by atoms with Crippen LogP contribution >= 0.6 is 0 Å². The topological polar surface area (TPSA) is 91.4 Å². The number of anilines is 3. The smallest absolute Gasteiger partial charge is 0.378 e. The molecule has 2 amide bonds. The van der Waals surface area contributed by atoms with E-state index in [1.54, 1.807) is 6.92 Å². The van der Waals surface area contributed by atoms with Crippen molar-refractivity contribution in [2.45, 2.75) is 19.3 Å². The molecular weight excluding hydrogens is 470 g/mol. The highest BCUT2D eigenvalue weighted by molar-refractivity contribution is 5.89. The van der Waals surface area contributed by atoms with Gasteiger partial charge in [-0.2, -0.15) is 31.3 Å². The van der Waals surface area contributed by atoms with Crippen molar-refractivity contribution in [3.63, 3.8) is 0 Å². The fourth-order valence-corrected chi connectivity index (χ4v) is 3.14. The lowest BCUT2D eigenvalue weighted by molar-refractivity contribution is -0.143. The lowest BCUT2D eigenvalue weighted by Crippen LogP contribution is -2.37. The van der Waals surface area contributed by atoms with Gasteiger partial charge in [0.05, 0.1) is 24.3 Å². The first-order chi connectivity index (χ1) is 15.9. The second-order valence-electron chi connectivity index (χ2n) is 7.39. The molecule has 0 spiro atoms. The number of carbonyl (C=O) groups excluding carboxylic acids is 1. The summed E-state index contributed by atoms with van der Waals surface area (Å²) in [5.41, 5.74) is -2.96. The molecule has 0 radical (unpaired) electrons. The molecule has 0 atom stereocenters. The molecule has 1 fully saturated rings. The Morgan fingerprint density at radius 2 is 1.59 bits per heavy atom. The van der Waals surface area contributed by atoms with Crippen molar-refractivity contribution in [3.05, 3.63) is 41.1 Å². The van der Waals surface area contributed by atoms with Crippen LogP contribution < -0.4 is 20.9 Å². The number of alkyl halides is 6. The number of ether oxygens (including phenoxy) is 1. The van der Waals surface area contributed by atoms with Crippen molar-refractivity contribution >= 4 is 23.5 Å². The van der Waals surface area contributed by atoms with Gasteiger partial charge in [-0.25, -0.2) is 9.78 Å². The minimum atomic E-state index is -5.01. The molecule has 1 saturated heterocycles. The van der Waals surface area contributed by atoms with Crippen LogP contribution in [0.4, 0.5) is 48.6 Å². The second-order valence-corrected chi connectivity index (χ2v) is 7.39.